The topological polar surface area (TPSA) is 86.5 Å². The summed E-state index contributed by atoms with van der Waals surface area (Å²) in [4.78, 5) is 21.2. The Morgan fingerprint density at radius 3 is 2.75 bits per heavy atom. The summed E-state index contributed by atoms with van der Waals surface area (Å²) >= 11 is 0. The monoisotopic (exact) mass is 303 g/mol. The lowest BCUT2D eigenvalue weighted by atomic mass is 10.2. The first-order valence-electron chi connectivity index (χ1n) is 5.72. The van der Waals surface area contributed by atoms with Gasteiger partial charge < -0.3 is 4.74 Å². The van der Waals surface area contributed by atoms with Crippen LogP contribution in [0.2, 0.25) is 0 Å². The number of methoxy groups -OCH3 is 1. The van der Waals surface area contributed by atoms with Gasteiger partial charge in [0.05, 0.1) is 24.2 Å². The van der Waals surface area contributed by atoms with Crippen molar-refractivity contribution in [2.24, 2.45) is 0 Å². The predicted octanol–water partition coefficient (Wildman–Crippen LogP) is 1.93. The van der Waals surface area contributed by atoms with Crippen LogP contribution in [0.5, 0.6) is 0 Å². The average molecular weight is 303 g/mol. The molecular formula is C12H14FNO5S. The van der Waals surface area contributed by atoms with Crippen molar-refractivity contribution in [2.45, 2.75) is 24.3 Å². The third-order valence-electron chi connectivity index (χ3n) is 2.67. The summed E-state index contributed by atoms with van der Waals surface area (Å²) in [6, 6.07) is 3.00. The summed E-state index contributed by atoms with van der Waals surface area (Å²) in [5.41, 5.74) is -0.241. The van der Waals surface area contributed by atoms with Gasteiger partial charge in [-0.25, -0.2) is 4.39 Å². The highest BCUT2D eigenvalue weighted by molar-refractivity contribution is 7.84. The summed E-state index contributed by atoms with van der Waals surface area (Å²) in [5.74, 6) is -1.34. The van der Waals surface area contributed by atoms with Crippen molar-refractivity contribution in [2.75, 3.05) is 7.11 Å². The maximum atomic E-state index is 13.1. The standard InChI is InChI=1S/C12H14FNO5S/c1-8(5-12(15)19-2)20(18)7-9-6-10(13)3-4-11(9)14(16)17/h3-4,6,8H,5,7H2,1-2H3. The molecule has 0 spiro atoms. The lowest BCUT2D eigenvalue weighted by Crippen LogP contribution is -2.18. The normalized spacial score (nSPS) is 13.6. The van der Waals surface area contributed by atoms with Crippen molar-refractivity contribution in [3.63, 3.8) is 0 Å². The van der Waals surface area contributed by atoms with Gasteiger partial charge in [-0.2, -0.15) is 0 Å². The van der Waals surface area contributed by atoms with Crippen molar-refractivity contribution in [3.05, 3.63) is 39.7 Å². The summed E-state index contributed by atoms with van der Waals surface area (Å²) in [6.45, 7) is 1.57. The number of carbonyl (C=O) groups excluding carboxylic acids is 1. The van der Waals surface area contributed by atoms with Crippen LogP contribution in [0.25, 0.3) is 0 Å². The van der Waals surface area contributed by atoms with Crippen LogP contribution in [0.1, 0.15) is 18.9 Å². The molecule has 8 heteroatoms. The van der Waals surface area contributed by atoms with Crippen LogP contribution >= 0.6 is 0 Å². The second kappa shape index (κ2) is 7.09. The molecule has 0 aliphatic heterocycles. The Morgan fingerprint density at radius 1 is 1.55 bits per heavy atom. The molecule has 0 N–H and O–H groups in total. The van der Waals surface area contributed by atoms with Gasteiger partial charge in [0.2, 0.25) is 0 Å². The minimum Gasteiger partial charge on any atom is -0.469 e. The molecule has 0 saturated carbocycles. The Labute approximate surface area is 117 Å². The summed E-state index contributed by atoms with van der Waals surface area (Å²) in [7, 11) is -0.327. The quantitative estimate of drug-likeness (QED) is 0.455. The van der Waals surface area contributed by atoms with Crippen LogP contribution in [-0.2, 0) is 26.1 Å². The molecule has 20 heavy (non-hydrogen) atoms. The zero-order valence-corrected chi connectivity index (χ0v) is 11.8. The number of nitro groups is 1. The molecule has 110 valence electrons. The van der Waals surface area contributed by atoms with E-state index in [-0.39, 0.29) is 23.4 Å². The number of hydrogen-bond donors (Lipinski definition) is 0. The van der Waals surface area contributed by atoms with Crippen molar-refractivity contribution >= 4 is 22.5 Å². The Bertz CT molecular complexity index is 549. The molecule has 1 aromatic rings. The first-order chi connectivity index (χ1) is 9.35. The number of rotatable bonds is 6. The van der Waals surface area contributed by atoms with E-state index in [4.69, 9.17) is 0 Å². The lowest BCUT2D eigenvalue weighted by molar-refractivity contribution is -0.385. The number of halogens is 1. The summed E-state index contributed by atoms with van der Waals surface area (Å²) in [5, 5.41) is 10.3. The first kappa shape index (κ1) is 16.2. The van der Waals surface area contributed by atoms with Crippen molar-refractivity contribution < 1.29 is 23.1 Å². The van der Waals surface area contributed by atoms with Gasteiger partial charge in [-0.15, -0.1) is 0 Å². The van der Waals surface area contributed by atoms with Gasteiger partial charge in [-0.3, -0.25) is 19.1 Å². The summed E-state index contributed by atoms with van der Waals surface area (Å²) in [6.07, 6.45) is -0.0633. The molecule has 2 atom stereocenters. The lowest BCUT2D eigenvalue weighted by Gasteiger charge is -2.10. The minimum absolute atomic E-state index is 0.0463. The number of nitro benzene ring substituents is 1. The number of hydrogen-bond acceptors (Lipinski definition) is 5. The first-order valence-corrected chi connectivity index (χ1v) is 7.10. The third-order valence-corrected chi connectivity index (χ3v) is 4.33. The second-order valence-electron chi connectivity index (χ2n) is 4.15. The fraction of sp³-hybridized carbons (Fsp3) is 0.417. The zero-order chi connectivity index (χ0) is 15.3. The van der Waals surface area contributed by atoms with Gasteiger partial charge >= 0.3 is 5.97 Å². The molecule has 0 fully saturated rings. The van der Waals surface area contributed by atoms with Crippen molar-refractivity contribution in [3.8, 4) is 0 Å². The molecule has 0 radical (unpaired) electrons. The molecule has 0 aliphatic carbocycles. The number of benzene rings is 1. The highest BCUT2D eigenvalue weighted by Crippen LogP contribution is 2.22. The van der Waals surface area contributed by atoms with Crippen LogP contribution in [0.15, 0.2) is 18.2 Å². The molecule has 0 aromatic heterocycles. The van der Waals surface area contributed by atoms with E-state index in [0.717, 1.165) is 18.2 Å². The molecule has 1 aromatic carbocycles. The van der Waals surface area contributed by atoms with Crippen LogP contribution in [0.4, 0.5) is 10.1 Å². The fourth-order valence-corrected chi connectivity index (χ4v) is 2.70. The number of ether oxygens (including phenoxy) is 1. The number of esters is 1. The van der Waals surface area contributed by atoms with Crippen molar-refractivity contribution in [1.82, 2.24) is 0 Å². The molecule has 0 heterocycles. The largest absolute Gasteiger partial charge is 0.469 e. The minimum atomic E-state index is -1.54. The van der Waals surface area contributed by atoms with Gasteiger partial charge in [0, 0.05) is 27.7 Å². The van der Waals surface area contributed by atoms with E-state index in [9.17, 15) is 23.5 Å². The third kappa shape index (κ3) is 4.37. The molecule has 0 saturated heterocycles. The van der Waals surface area contributed by atoms with Crippen LogP contribution in [0.3, 0.4) is 0 Å². The van der Waals surface area contributed by atoms with Gasteiger partial charge in [0.15, 0.2) is 0 Å². The molecule has 0 amide bonds. The second-order valence-corrected chi connectivity index (χ2v) is 6.00. The average Bonchev–Trinajstić information content (AvgIpc) is 2.38. The molecule has 0 aliphatic rings. The Morgan fingerprint density at radius 2 is 2.20 bits per heavy atom. The van der Waals surface area contributed by atoms with E-state index in [1.165, 1.54) is 7.11 Å². The molecule has 6 nitrogen and oxygen atoms in total. The Balaban J connectivity index is 2.87. The maximum Gasteiger partial charge on any atom is 0.306 e. The Kier molecular flexibility index (Phi) is 5.75. The van der Waals surface area contributed by atoms with Gasteiger partial charge in [-0.05, 0) is 12.1 Å². The number of nitrogens with zero attached hydrogens (tertiary/aromatic N) is 1. The highest BCUT2D eigenvalue weighted by atomic mass is 32.2. The predicted molar refractivity (Wildman–Crippen MR) is 71.0 cm³/mol. The van der Waals surface area contributed by atoms with Crippen LogP contribution in [0, 0.1) is 15.9 Å². The zero-order valence-electron chi connectivity index (χ0n) is 11.0. The molecule has 0 bridgehead atoms. The van der Waals surface area contributed by atoms with E-state index in [2.05, 4.69) is 4.74 Å². The van der Waals surface area contributed by atoms with Gasteiger partial charge in [-0.1, -0.05) is 6.92 Å². The van der Waals surface area contributed by atoms with Gasteiger partial charge in [0.25, 0.3) is 5.69 Å². The van der Waals surface area contributed by atoms with Gasteiger partial charge in [0.1, 0.15) is 5.82 Å². The molecule has 1 rings (SSSR count). The SMILES string of the molecule is COC(=O)CC(C)S(=O)Cc1cc(F)ccc1[N+](=O)[O-]. The molecular weight excluding hydrogens is 289 g/mol. The number of carbonyl (C=O) groups is 1. The molecule has 2 unspecified atom stereocenters. The Hall–Kier alpha value is -1.83. The van der Waals surface area contributed by atoms with Crippen LogP contribution in [-0.4, -0.2) is 27.5 Å². The highest BCUT2D eigenvalue weighted by Gasteiger charge is 2.21. The van der Waals surface area contributed by atoms with Crippen LogP contribution < -0.4 is 0 Å². The van der Waals surface area contributed by atoms with E-state index in [1.54, 1.807) is 6.92 Å². The van der Waals surface area contributed by atoms with E-state index in [1.807, 2.05) is 0 Å². The van der Waals surface area contributed by atoms with E-state index in [0.29, 0.717) is 0 Å². The van der Waals surface area contributed by atoms with E-state index < -0.39 is 32.8 Å². The smallest absolute Gasteiger partial charge is 0.306 e. The van der Waals surface area contributed by atoms with E-state index >= 15 is 0 Å². The maximum absolute atomic E-state index is 13.1. The van der Waals surface area contributed by atoms with Crippen molar-refractivity contribution in [1.29, 1.82) is 0 Å². The fourth-order valence-electron chi connectivity index (χ4n) is 1.55. The summed E-state index contributed by atoms with van der Waals surface area (Å²) < 4.78 is 29.6.